The van der Waals surface area contributed by atoms with Gasteiger partial charge in [-0.1, -0.05) is 59.1 Å². The molecule has 3 aliphatic rings. The summed E-state index contributed by atoms with van der Waals surface area (Å²) in [6.07, 6.45) is 0.942. The van der Waals surface area contributed by atoms with Crippen molar-refractivity contribution in [2.24, 2.45) is 4.99 Å². The Balaban J connectivity index is 1.60. The van der Waals surface area contributed by atoms with E-state index in [1.54, 1.807) is 24.3 Å². The average molecular weight is 726 g/mol. The Morgan fingerprint density at radius 2 is 1.48 bits per heavy atom. The lowest BCUT2D eigenvalue weighted by molar-refractivity contribution is -0.0114. The second-order valence-electron chi connectivity index (χ2n) is 12.4. The number of ether oxygens (including phenoxy) is 2. The molecule has 3 aliphatic heterocycles. The zero-order valence-corrected chi connectivity index (χ0v) is 29.5. The number of aliphatic imine (C=N–C) groups is 1. The van der Waals surface area contributed by atoms with Gasteiger partial charge in [0.15, 0.2) is 0 Å². The molecule has 0 saturated carbocycles. The summed E-state index contributed by atoms with van der Waals surface area (Å²) in [5.74, 6) is 0.377. The van der Waals surface area contributed by atoms with E-state index >= 15 is 0 Å². The third kappa shape index (κ3) is 5.62. The zero-order valence-electron chi connectivity index (χ0n) is 25.6. The number of amides is 1. The van der Waals surface area contributed by atoms with Crippen molar-refractivity contribution in [3.8, 4) is 5.75 Å². The summed E-state index contributed by atoms with van der Waals surface area (Å²) in [6, 6.07) is 17.2. The van der Waals surface area contributed by atoms with Crippen LogP contribution in [-0.4, -0.2) is 60.2 Å². The minimum absolute atomic E-state index is 0.0125. The molecule has 2 unspecified atom stereocenters. The number of halogens is 4. The molecular weight excluding hydrogens is 692 g/mol. The molecule has 1 amide bonds. The molecule has 8 nitrogen and oxygen atoms in total. The van der Waals surface area contributed by atoms with Crippen molar-refractivity contribution < 1.29 is 22.7 Å². The highest BCUT2D eigenvalue weighted by atomic mass is 35.5. The molecule has 46 heavy (non-hydrogen) atoms. The van der Waals surface area contributed by atoms with Crippen LogP contribution in [0.4, 0.5) is 4.79 Å². The maximum Gasteiger partial charge on any atom is 0.322 e. The molecule has 0 radical (unpaired) electrons. The third-order valence-electron chi connectivity index (χ3n) is 9.19. The van der Waals surface area contributed by atoms with Gasteiger partial charge in [-0.15, -0.1) is 0 Å². The normalized spacial score (nSPS) is 26.5. The van der Waals surface area contributed by atoms with Crippen molar-refractivity contribution in [3.63, 3.8) is 0 Å². The van der Waals surface area contributed by atoms with Crippen LogP contribution in [0, 0.1) is 0 Å². The minimum atomic E-state index is -4.08. The quantitative estimate of drug-likeness (QED) is 0.181. The van der Waals surface area contributed by atoms with Gasteiger partial charge in [0.2, 0.25) is 10.0 Å². The van der Waals surface area contributed by atoms with Crippen LogP contribution >= 0.6 is 46.4 Å². The summed E-state index contributed by atoms with van der Waals surface area (Å²) in [5, 5.41) is 0.208. The van der Waals surface area contributed by atoms with Crippen molar-refractivity contribution in [3.05, 3.63) is 92.4 Å². The molecule has 13 heteroatoms. The van der Waals surface area contributed by atoms with E-state index in [0.29, 0.717) is 15.6 Å². The van der Waals surface area contributed by atoms with Gasteiger partial charge in [0.1, 0.15) is 27.6 Å². The van der Waals surface area contributed by atoms with E-state index in [2.05, 4.69) is 0 Å². The molecule has 3 aromatic rings. The van der Waals surface area contributed by atoms with Crippen molar-refractivity contribution >= 4 is 67.6 Å². The van der Waals surface area contributed by atoms with Crippen molar-refractivity contribution in [2.75, 3.05) is 13.1 Å². The molecular formula is C33H33Cl4N3O5S. The van der Waals surface area contributed by atoms with E-state index in [1.165, 1.54) is 21.3 Å². The summed E-state index contributed by atoms with van der Waals surface area (Å²) in [5.41, 5.74) is -0.692. The number of rotatable bonds is 7. The van der Waals surface area contributed by atoms with E-state index in [4.69, 9.17) is 60.9 Å². The van der Waals surface area contributed by atoms with Crippen LogP contribution in [0.2, 0.25) is 15.1 Å². The van der Waals surface area contributed by atoms with Crippen LogP contribution < -0.4 is 4.74 Å². The van der Waals surface area contributed by atoms with E-state index in [-0.39, 0.29) is 58.5 Å². The molecule has 2 bridgehead atoms. The Morgan fingerprint density at radius 3 is 2.00 bits per heavy atom. The van der Waals surface area contributed by atoms with Crippen LogP contribution in [0.1, 0.15) is 57.2 Å². The number of amidine groups is 1. The number of nitrogens with zero attached hydrogens (tertiary/aromatic N) is 3. The molecule has 0 aromatic heterocycles. The molecule has 0 aliphatic carbocycles. The van der Waals surface area contributed by atoms with Crippen molar-refractivity contribution in [1.82, 2.24) is 9.21 Å². The van der Waals surface area contributed by atoms with Crippen LogP contribution in [0.3, 0.4) is 0 Å². The predicted molar refractivity (Wildman–Crippen MR) is 181 cm³/mol. The van der Waals surface area contributed by atoms with Gasteiger partial charge in [-0.25, -0.2) is 8.42 Å². The van der Waals surface area contributed by atoms with Gasteiger partial charge >= 0.3 is 5.37 Å². The summed E-state index contributed by atoms with van der Waals surface area (Å²) in [7, 11) is -4.08. The molecule has 244 valence electrons. The molecule has 2 saturated heterocycles. The summed E-state index contributed by atoms with van der Waals surface area (Å²) < 4.78 is 41.9. The monoisotopic (exact) mass is 723 g/mol. The third-order valence-corrected chi connectivity index (χ3v) is 12.2. The largest absolute Gasteiger partial charge is 0.490 e. The van der Waals surface area contributed by atoms with Crippen molar-refractivity contribution in [2.45, 2.75) is 74.8 Å². The van der Waals surface area contributed by atoms with Crippen LogP contribution in [-0.2, 0) is 25.8 Å². The van der Waals surface area contributed by atoms with E-state index in [1.807, 2.05) is 52.0 Å². The molecule has 3 aromatic carbocycles. The number of benzene rings is 3. The first-order chi connectivity index (χ1) is 21.6. The second-order valence-corrected chi connectivity index (χ2v) is 15.9. The van der Waals surface area contributed by atoms with Gasteiger partial charge in [0.05, 0.1) is 28.9 Å². The maximum atomic E-state index is 14.2. The maximum absolute atomic E-state index is 14.2. The number of hydrogen-bond acceptors (Lipinski definition) is 6. The SMILES string of the molecule is CC(C)Oc1cc(Cl)c(S(=O)(=O)N2CC3CCC(C2)O3)cc1C1=N[C@@](C)(c2ccc(Cl)cc2)[C@@](C)(c2ccc(Cl)cc2)N1C(=O)Cl. The standard InChI is InChI=1S/C33H33Cl4N3O5S/c1-19(2)44-28-16-27(36)29(46(42,43)39-17-24-13-14-25(18-39)45-24)15-26(28)30-38-32(3,20-5-9-22(34)10-6-20)33(4,40(30)31(37)41)21-7-11-23(35)12-8-21/h5-12,15-16,19,24-25H,13-14,17-18H2,1-4H3/t24?,25?,32-,33+/m0/s1. The van der Waals surface area contributed by atoms with Gasteiger partial charge in [0, 0.05) is 29.2 Å². The molecule has 0 N–H and O–H groups in total. The van der Waals surface area contributed by atoms with Gasteiger partial charge < -0.3 is 9.47 Å². The van der Waals surface area contributed by atoms with Crippen LogP contribution in [0.25, 0.3) is 0 Å². The smallest absolute Gasteiger partial charge is 0.322 e. The van der Waals surface area contributed by atoms with E-state index in [9.17, 15) is 13.2 Å². The fourth-order valence-electron chi connectivity index (χ4n) is 6.72. The first-order valence-electron chi connectivity index (χ1n) is 14.9. The number of hydrogen-bond donors (Lipinski definition) is 0. The zero-order chi connectivity index (χ0) is 33.2. The fourth-order valence-corrected chi connectivity index (χ4v) is 9.24. The molecule has 3 heterocycles. The molecule has 2 fully saturated rings. The highest BCUT2D eigenvalue weighted by Crippen LogP contribution is 2.54. The van der Waals surface area contributed by atoms with Gasteiger partial charge in [-0.05, 0) is 93.6 Å². The molecule has 4 atom stereocenters. The highest BCUT2D eigenvalue weighted by molar-refractivity contribution is 7.89. The average Bonchev–Trinajstić information content (AvgIpc) is 3.45. The summed E-state index contributed by atoms with van der Waals surface area (Å²) in [4.78, 5) is 20.1. The summed E-state index contributed by atoms with van der Waals surface area (Å²) in [6.45, 7) is 7.88. The van der Waals surface area contributed by atoms with Gasteiger partial charge in [0.25, 0.3) is 0 Å². The topological polar surface area (TPSA) is 88.5 Å². The number of morpholine rings is 1. The first kappa shape index (κ1) is 33.5. The lowest BCUT2D eigenvalue weighted by atomic mass is 9.71. The number of fused-ring (bicyclic) bond motifs is 2. The molecule has 0 spiro atoms. The minimum Gasteiger partial charge on any atom is -0.490 e. The summed E-state index contributed by atoms with van der Waals surface area (Å²) >= 11 is 25.7. The van der Waals surface area contributed by atoms with E-state index in [0.717, 1.165) is 18.4 Å². The fraction of sp³-hybridized carbons (Fsp3) is 0.394. The van der Waals surface area contributed by atoms with Crippen LogP contribution in [0.15, 0.2) is 70.6 Å². The highest BCUT2D eigenvalue weighted by Gasteiger charge is 2.59. The van der Waals surface area contributed by atoms with E-state index < -0.39 is 26.5 Å². The van der Waals surface area contributed by atoms with Gasteiger partial charge in [-0.3, -0.25) is 14.7 Å². The Hall–Kier alpha value is -2.37. The Morgan fingerprint density at radius 1 is 0.935 bits per heavy atom. The Bertz CT molecular complexity index is 1810. The number of carbonyl (C=O) groups is 1. The van der Waals surface area contributed by atoms with Crippen LogP contribution in [0.5, 0.6) is 5.75 Å². The predicted octanol–water partition coefficient (Wildman–Crippen LogP) is 8.24. The van der Waals surface area contributed by atoms with Gasteiger partial charge in [-0.2, -0.15) is 4.31 Å². The Labute approximate surface area is 289 Å². The second kappa shape index (κ2) is 12.3. The number of sulfonamides is 1. The molecule has 6 rings (SSSR count). The lowest BCUT2D eigenvalue weighted by Crippen LogP contribution is -2.53. The number of carbonyl (C=O) groups excluding carboxylic acids is 1. The van der Waals surface area contributed by atoms with Crippen molar-refractivity contribution in [1.29, 1.82) is 0 Å². The lowest BCUT2D eigenvalue weighted by Gasteiger charge is -2.44. The first-order valence-corrected chi connectivity index (χ1v) is 17.9. The Kier molecular flexibility index (Phi) is 8.94.